The Kier molecular flexibility index (Phi) is 3.97. The van der Waals surface area contributed by atoms with Crippen molar-refractivity contribution in [2.45, 2.75) is 24.3 Å². The smallest absolute Gasteiger partial charge is 0.338 e. The molecule has 2 rings (SSSR count). The minimum atomic E-state index is -4.03. The predicted molar refractivity (Wildman–Crippen MR) is 69.8 cm³/mol. The lowest BCUT2D eigenvalue weighted by molar-refractivity contribution is -0.119. The Hall–Kier alpha value is -2.00. The second-order valence-electron chi connectivity index (χ2n) is 4.73. The Labute approximate surface area is 120 Å². The molecule has 7 nitrogen and oxygen atoms in total. The highest BCUT2D eigenvalue weighted by Crippen LogP contribution is 2.20. The number of halogens is 1. The summed E-state index contributed by atoms with van der Waals surface area (Å²) in [5.41, 5.74) is -0.799. The number of carboxylic acid groups (broad SMARTS) is 1. The SMILES string of the molecule is Cc1cc(S(=O)(=O)NC2CNC(=O)C2)cc(C(=O)O)c1F. The van der Waals surface area contributed by atoms with Crippen molar-refractivity contribution >= 4 is 21.9 Å². The standard InChI is InChI=1S/C12H13FN2O5S/c1-6-2-8(4-9(11(6)13)12(17)18)21(19,20)15-7-3-10(16)14-5-7/h2,4,7,15H,3,5H2,1H3,(H,14,16)(H,17,18). The van der Waals surface area contributed by atoms with Gasteiger partial charge in [-0.15, -0.1) is 0 Å². The topological polar surface area (TPSA) is 113 Å². The number of carbonyl (C=O) groups excluding carboxylic acids is 1. The number of carboxylic acids is 1. The molecule has 1 aromatic rings. The van der Waals surface area contributed by atoms with Crippen LogP contribution in [-0.4, -0.2) is 38.0 Å². The van der Waals surface area contributed by atoms with Crippen molar-refractivity contribution in [2.75, 3.05) is 6.54 Å². The average molecular weight is 316 g/mol. The van der Waals surface area contributed by atoms with Crippen LogP contribution in [0.5, 0.6) is 0 Å². The maximum absolute atomic E-state index is 13.6. The van der Waals surface area contributed by atoms with Crippen LogP contribution in [0.3, 0.4) is 0 Å². The molecule has 1 fully saturated rings. The van der Waals surface area contributed by atoms with Crippen LogP contribution in [0.2, 0.25) is 0 Å². The number of hydrogen-bond donors (Lipinski definition) is 3. The highest BCUT2D eigenvalue weighted by Gasteiger charge is 2.28. The molecule has 1 atom stereocenters. The fourth-order valence-corrected chi connectivity index (χ4v) is 3.37. The van der Waals surface area contributed by atoms with Crippen molar-refractivity contribution in [3.05, 3.63) is 29.1 Å². The molecule has 1 unspecified atom stereocenters. The second-order valence-corrected chi connectivity index (χ2v) is 6.45. The molecule has 0 bridgehead atoms. The lowest BCUT2D eigenvalue weighted by Crippen LogP contribution is -2.36. The molecule has 0 radical (unpaired) electrons. The first-order valence-electron chi connectivity index (χ1n) is 6.03. The van der Waals surface area contributed by atoms with Gasteiger partial charge in [0.2, 0.25) is 15.9 Å². The first-order chi connectivity index (χ1) is 9.70. The quantitative estimate of drug-likeness (QED) is 0.724. The minimum Gasteiger partial charge on any atom is -0.478 e. The van der Waals surface area contributed by atoms with Crippen LogP contribution in [0.25, 0.3) is 0 Å². The first kappa shape index (κ1) is 15.4. The Morgan fingerprint density at radius 1 is 1.48 bits per heavy atom. The molecule has 1 aliphatic heterocycles. The number of aryl methyl sites for hydroxylation is 1. The number of rotatable bonds is 4. The van der Waals surface area contributed by atoms with E-state index in [4.69, 9.17) is 5.11 Å². The zero-order valence-electron chi connectivity index (χ0n) is 11.0. The summed E-state index contributed by atoms with van der Waals surface area (Å²) >= 11 is 0. The molecule has 9 heteroatoms. The molecule has 1 heterocycles. The molecule has 1 aliphatic rings. The molecular formula is C12H13FN2O5S. The largest absolute Gasteiger partial charge is 0.478 e. The highest BCUT2D eigenvalue weighted by molar-refractivity contribution is 7.89. The van der Waals surface area contributed by atoms with Crippen LogP contribution in [0, 0.1) is 12.7 Å². The first-order valence-corrected chi connectivity index (χ1v) is 7.51. The van der Waals surface area contributed by atoms with E-state index in [0.29, 0.717) is 0 Å². The van der Waals surface area contributed by atoms with Gasteiger partial charge in [-0.3, -0.25) is 4.79 Å². The number of hydrogen-bond acceptors (Lipinski definition) is 4. The number of benzene rings is 1. The third kappa shape index (κ3) is 3.19. The summed E-state index contributed by atoms with van der Waals surface area (Å²) in [7, 11) is -4.03. The molecule has 0 aromatic heterocycles. The summed E-state index contributed by atoms with van der Waals surface area (Å²) in [5.74, 6) is -2.80. The van der Waals surface area contributed by atoms with E-state index in [1.54, 1.807) is 0 Å². The summed E-state index contributed by atoms with van der Waals surface area (Å²) in [6.45, 7) is 1.44. The number of nitrogens with one attached hydrogen (secondary N) is 2. The lowest BCUT2D eigenvalue weighted by Gasteiger charge is -2.13. The van der Waals surface area contributed by atoms with E-state index in [2.05, 4.69) is 10.0 Å². The van der Waals surface area contributed by atoms with Crippen LogP contribution < -0.4 is 10.0 Å². The molecule has 114 valence electrons. The van der Waals surface area contributed by atoms with Gasteiger partial charge in [0.05, 0.1) is 10.5 Å². The molecule has 1 amide bonds. The minimum absolute atomic E-state index is 0.00515. The van der Waals surface area contributed by atoms with E-state index in [1.165, 1.54) is 6.92 Å². The van der Waals surface area contributed by atoms with Gasteiger partial charge in [-0.1, -0.05) is 0 Å². The van der Waals surface area contributed by atoms with E-state index >= 15 is 0 Å². The number of aromatic carboxylic acids is 1. The van der Waals surface area contributed by atoms with E-state index in [-0.39, 0.29) is 29.3 Å². The summed E-state index contributed by atoms with van der Waals surface area (Å²) < 4.78 is 40.2. The Bertz CT molecular complexity index is 717. The van der Waals surface area contributed by atoms with Crippen LogP contribution in [0.1, 0.15) is 22.3 Å². The summed E-state index contributed by atoms with van der Waals surface area (Å²) in [6, 6.07) is 1.20. The van der Waals surface area contributed by atoms with Crippen molar-refractivity contribution < 1.29 is 27.5 Å². The molecule has 21 heavy (non-hydrogen) atoms. The number of amides is 1. The van der Waals surface area contributed by atoms with Crippen LogP contribution >= 0.6 is 0 Å². The summed E-state index contributed by atoms with van der Waals surface area (Å²) in [4.78, 5) is 21.6. The molecular weight excluding hydrogens is 303 g/mol. The molecule has 0 aliphatic carbocycles. The zero-order chi connectivity index (χ0) is 15.8. The monoisotopic (exact) mass is 316 g/mol. The van der Waals surface area contributed by atoms with E-state index in [0.717, 1.165) is 12.1 Å². The molecule has 1 aromatic carbocycles. The van der Waals surface area contributed by atoms with Gasteiger partial charge < -0.3 is 10.4 Å². The fraction of sp³-hybridized carbons (Fsp3) is 0.333. The fourth-order valence-electron chi connectivity index (χ4n) is 2.02. The van der Waals surface area contributed by atoms with Crippen LogP contribution in [0.4, 0.5) is 4.39 Å². The van der Waals surface area contributed by atoms with Crippen molar-refractivity contribution in [1.29, 1.82) is 0 Å². The molecule has 0 saturated carbocycles. The van der Waals surface area contributed by atoms with Crippen molar-refractivity contribution in [2.24, 2.45) is 0 Å². The average Bonchev–Trinajstić information content (AvgIpc) is 2.76. The van der Waals surface area contributed by atoms with Gasteiger partial charge >= 0.3 is 5.97 Å². The van der Waals surface area contributed by atoms with Crippen molar-refractivity contribution in [3.63, 3.8) is 0 Å². The second kappa shape index (κ2) is 5.41. The highest BCUT2D eigenvalue weighted by atomic mass is 32.2. The van der Waals surface area contributed by atoms with Crippen LogP contribution in [-0.2, 0) is 14.8 Å². The van der Waals surface area contributed by atoms with Gasteiger partial charge in [0.1, 0.15) is 5.82 Å². The van der Waals surface area contributed by atoms with E-state index in [1.807, 2.05) is 0 Å². The van der Waals surface area contributed by atoms with Crippen molar-refractivity contribution in [1.82, 2.24) is 10.0 Å². The van der Waals surface area contributed by atoms with Gasteiger partial charge in [0.15, 0.2) is 0 Å². The lowest BCUT2D eigenvalue weighted by atomic mass is 10.1. The predicted octanol–water partition coefficient (Wildman–Crippen LogP) is -0.000880. The molecule has 0 spiro atoms. The third-order valence-electron chi connectivity index (χ3n) is 3.07. The van der Waals surface area contributed by atoms with Gasteiger partial charge in [-0.25, -0.2) is 22.3 Å². The van der Waals surface area contributed by atoms with E-state index in [9.17, 15) is 22.4 Å². The molecule has 3 N–H and O–H groups in total. The Morgan fingerprint density at radius 2 is 2.14 bits per heavy atom. The van der Waals surface area contributed by atoms with Gasteiger partial charge in [0.25, 0.3) is 0 Å². The maximum Gasteiger partial charge on any atom is 0.338 e. The Morgan fingerprint density at radius 3 is 2.67 bits per heavy atom. The van der Waals surface area contributed by atoms with Crippen LogP contribution in [0.15, 0.2) is 17.0 Å². The van der Waals surface area contributed by atoms with Crippen molar-refractivity contribution in [3.8, 4) is 0 Å². The van der Waals surface area contributed by atoms with E-state index < -0.39 is 33.4 Å². The van der Waals surface area contributed by atoms with Gasteiger partial charge in [-0.2, -0.15) is 0 Å². The maximum atomic E-state index is 13.6. The number of carbonyl (C=O) groups is 2. The molecule has 1 saturated heterocycles. The third-order valence-corrected chi connectivity index (χ3v) is 4.57. The summed E-state index contributed by atoms with van der Waals surface area (Å²) in [6.07, 6.45) is 0.00515. The van der Waals surface area contributed by atoms with Gasteiger partial charge in [-0.05, 0) is 24.6 Å². The normalized spacial score (nSPS) is 18.6. The van der Waals surface area contributed by atoms with Gasteiger partial charge in [0, 0.05) is 19.0 Å². The zero-order valence-corrected chi connectivity index (χ0v) is 11.8. The number of sulfonamides is 1. The Balaban J connectivity index is 2.36. The summed E-state index contributed by atoms with van der Waals surface area (Å²) in [5, 5.41) is 11.4.